The number of aryl methyl sites for hydroxylation is 1. The molecule has 0 saturated carbocycles. The molecule has 1 fully saturated rings. The van der Waals surface area contributed by atoms with Crippen LogP contribution in [-0.4, -0.2) is 44.8 Å². The number of hydrogen-bond donors (Lipinski definition) is 1. The van der Waals surface area contributed by atoms with Crippen LogP contribution in [0.4, 0.5) is 0 Å². The van der Waals surface area contributed by atoms with Gasteiger partial charge in [0, 0.05) is 18.7 Å². The molecule has 1 atom stereocenters. The third kappa shape index (κ3) is 4.13. The fourth-order valence-corrected chi connectivity index (χ4v) is 3.49. The van der Waals surface area contributed by atoms with Crippen LogP contribution in [0.3, 0.4) is 0 Å². The first kappa shape index (κ1) is 16.1. The summed E-state index contributed by atoms with van der Waals surface area (Å²) in [7, 11) is 0. The number of aromatic nitrogens is 3. The summed E-state index contributed by atoms with van der Waals surface area (Å²) in [5.74, 6) is 1.93. The lowest BCUT2D eigenvalue weighted by Crippen LogP contribution is -2.40. The van der Waals surface area contributed by atoms with Crippen molar-refractivity contribution < 1.29 is 4.79 Å². The Bertz CT molecular complexity index is 667. The molecule has 1 aliphatic heterocycles. The molecule has 23 heavy (non-hydrogen) atoms. The predicted molar refractivity (Wildman–Crippen MR) is 92.3 cm³/mol. The topological polar surface area (TPSA) is 61.9 Å². The van der Waals surface area contributed by atoms with Crippen LogP contribution < -0.4 is 0 Å². The minimum Gasteiger partial charge on any atom is -0.342 e. The highest BCUT2D eigenvalue weighted by Gasteiger charge is 2.21. The number of H-pyrrole nitrogens is 1. The molecule has 0 bridgehead atoms. The van der Waals surface area contributed by atoms with Crippen LogP contribution in [0.25, 0.3) is 11.4 Å². The van der Waals surface area contributed by atoms with Crippen molar-refractivity contribution in [2.24, 2.45) is 5.92 Å². The van der Waals surface area contributed by atoms with Gasteiger partial charge in [-0.25, -0.2) is 4.98 Å². The average Bonchev–Trinajstić information content (AvgIpc) is 3.02. The number of thioether (sulfide) groups is 1. The van der Waals surface area contributed by atoms with E-state index in [-0.39, 0.29) is 5.91 Å². The second-order valence-corrected chi connectivity index (χ2v) is 7.15. The summed E-state index contributed by atoms with van der Waals surface area (Å²) in [6.45, 7) is 6.02. The van der Waals surface area contributed by atoms with Gasteiger partial charge in [0.15, 0.2) is 5.82 Å². The Morgan fingerprint density at radius 1 is 1.39 bits per heavy atom. The lowest BCUT2D eigenvalue weighted by atomic mass is 10.0. The van der Waals surface area contributed by atoms with E-state index in [9.17, 15) is 4.79 Å². The Kier molecular flexibility index (Phi) is 5.00. The molecule has 1 amide bonds. The summed E-state index contributed by atoms with van der Waals surface area (Å²) in [5, 5.41) is 7.77. The number of amides is 1. The first-order valence-electron chi connectivity index (χ1n) is 8.02. The first-order chi connectivity index (χ1) is 11.1. The number of carbonyl (C=O) groups is 1. The zero-order valence-corrected chi connectivity index (χ0v) is 14.4. The zero-order chi connectivity index (χ0) is 16.2. The molecule has 2 heterocycles. The normalized spacial score (nSPS) is 18.2. The molecular weight excluding hydrogens is 308 g/mol. The lowest BCUT2D eigenvalue weighted by Gasteiger charge is -2.30. The number of piperidine rings is 1. The summed E-state index contributed by atoms with van der Waals surface area (Å²) in [6.07, 6.45) is 2.33. The van der Waals surface area contributed by atoms with Crippen molar-refractivity contribution in [1.29, 1.82) is 0 Å². The molecule has 1 saturated heterocycles. The quantitative estimate of drug-likeness (QED) is 0.875. The maximum atomic E-state index is 12.3. The maximum Gasteiger partial charge on any atom is 0.233 e. The molecule has 0 aliphatic carbocycles. The molecule has 0 radical (unpaired) electrons. The molecule has 122 valence electrons. The molecule has 1 aromatic heterocycles. The van der Waals surface area contributed by atoms with Crippen LogP contribution in [0.5, 0.6) is 0 Å². The van der Waals surface area contributed by atoms with E-state index in [0.29, 0.717) is 16.8 Å². The average molecular weight is 330 g/mol. The summed E-state index contributed by atoms with van der Waals surface area (Å²) >= 11 is 1.40. The number of likely N-dealkylation sites (tertiary alicyclic amines) is 1. The van der Waals surface area contributed by atoms with Gasteiger partial charge in [-0.3, -0.25) is 9.89 Å². The largest absolute Gasteiger partial charge is 0.342 e. The van der Waals surface area contributed by atoms with Gasteiger partial charge in [-0.15, -0.1) is 5.10 Å². The van der Waals surface area contributed by atoms with E-state index in [4.69, 9.17) is 0 Å². The summed E-state index contributed by atoms with van der Waals surface area (Å²) < 4.78 is 0. The molecule has 2 aromatic rings. The van der Waals surface area contributed by atoms with Crippen LogP contribution in [0, 0.1) is 12.8 Å². The molecular formula is C17H22N4OS. The zero-order valence-electron chi connectivity index (χ0n) is 13.6. The van der Waals surface area contributed by atoms with E-state index in [2.05, 4.69) is 29.0 Å². The Morgan fingerprint density at radius 2 is 2.17 bits per heavy atom. The van der Waals surface area contributed by atoms with E-state index in [0.717, 1.165) is 30.9 Å². The van der Waals surface area contributed by atoms with E-state index >= 15 is 0 Å². The molecule has 3 rings (SSSR count). The number of aromatic amines is 1. The number of nitrogens with one attached hydrogen (secondary N) is 1. The summed E-state index contributed by atoms with van der Waals surface area (Å²) in [5.41, 5.74) is 2.22. The number of hydrogen-bond acceptors (Lipinski definition) is 4. The van der Waals surface area contributed by atoms with Gasteiger partial charge in [-0.1, -0.05) is 48.5 Å². The SMILES string of the molecule is Cc1ccc(-c2nc(SCC(=O)N3CCC[C@H](C)C3)n[nH]2)cc1. The highest BCUT2D eigenvalue weighted by Crippen LogP contribution is 2.21. The van der Waals surface area contributed by atoms with Crippen molar-refractivity contribution >= 4 is 17.7 Å². The number of rotatable bonds is 4. The van der Waals surface area contributed by atoms with E-state index in [1.54, 1.807) is 0 Å². The molecule has 1 N–H and O–H groups in total. The smallest absolute Gasteiger partial charge is 0.233 e. The fourth-order valence-electron chi connectivity index (χ4n) is 2.78. The number of benzene rings is 1. The molecule has 0 unspecified atom stereocenters. The van der Waals surface area contributed by atoms with E-state index in [1.807, 2.05) is 29.2 Å². The number of carbonyl (C=O) groups excluding carboxylic acids is 1. The molecule has 5 nitrogen and oxygen atoms in total. The molecule has 1 aliphatic rings. The van der Waals surface area contributed by atoms with Crippen LogP contribution in [0.1, 0.15) is 25.3 Å². The third-order valence-corrected chi connectivity index (χ3v) is 4.96. The summed E-state index contributed by atoms with van der Waals surface area (Å²) in [6, 6.07) is 8.13. The van der Waals surface area contributed by atoms with Crippen molar-refractivity contribution in [3.63, 3.8) is 0 Å². The van der Waals surface area contributed by atoms with Crippen molar-refractivity contribution in [3.8, 4) is 11.4 Å². The Balaban J connectivity index is 1.56. The fraction of sp³-hybridized carbons (Fsp3) is 0.471. The number of nitrogens with zero attached hydrogens (tertiary/aromatic N) is 3. The monoisotopic (exact) mass is 330 g/mol. The van der Waals surface area contributed by atoms with Gasteiger partial charge in [0.05, 0.1) is 5.75 Å². The predicted octanol–water partition coefficient (Wildman–Crippen LogP) is 3.13. The standard InChI is InChI=1S/C17H22N4OS/c1-12-5-7-14(8-6-12)16-18-17(20-19-16)23-11-15(22)21-9-3-4-13(2)10-21/h5-8,13H,3-4,9-11H2,1-2H3,(H,18,19,20)/t13-/m0/s1. The third-order valence-electron chi connectivity index (χ3n) is 4.12. The van der Waals surface area contributed by atoms with Crippen molar-refractivity contribution in [2.45, 2.75) is 31.8 Å². The van der Waals surface area contributed by atoms with Gasteiger partial charge in [0.25, 0.3) is 0 Å². The molecule has 6 heteroatoms. The summed E-state index contributed by atoms with van der Waals surface area (Å²) in [4.78, 5) is 18.7. The minimum atomic E-state index is 0.184. The van der Waals surface area contributed by atoms with Gasteiger partial charge in [-0.05, 0) is 25.7 Å². The van der Waals surface area contributed by atoms with E-state index < -0.39 is 0 Å². The van der Waals surface area contributed by atoms with E-state index in [1.165, 1.54) is 23.7 Å². The van der Waals surface area contributed by atoms with Crippen LogP contribution in [-0.2, 0) is 4.79 Å². The van der Waals surface area contributed by atoms with Crippen molar-refractivity contribution in [3.05, 3.63) is 29.8 Å². The Hall–Kier alpha value is -1.82. The Labute approximate surface area is 140 Å². The van der Waals surface area contributed by atoms with Gasteiger partial charge < -0.3 is 4.90 Å². The van der Waals surface area contributed by atoms with Gasteiger partial charge in [-0.2, -0.15) is 0 Å². The first-order valence-corrected chi connectivity index (χ1v) is 9.00. The van der Waals surface area contributed by atoms with Gasteiger partial charge in [0.1, 0.15) is 0 Å². The molecule has 0 spiro atoms. The molecule has 1 aromatic carbocycles. The lowest BCUT2D eigenvalue weighted by molar-refractivity contribution is -0.130. The van der Waals surface area contributed by atoms with Crippen molar-refractivity contribution in [1.82, 2.24) is 20.1 Å². The Morgan fingerprint density at radius 3 is 2.91 bits per heavy atom. The second-order valence-electron chi connectivity index (χ2n) is 6.21. The van der Waals surface area contributed by atoms with Gasteiger partial charge >= 0.3 is 0 Å². The highest BCUT2D eigenvalue weighted by atomic mass is 32.2. The van der Waals surface area contributed by atoms with Gasteiger partial charge in [0.2, 0.25) is 11.1 Å². The van der Waals surface area contributed by atoms with Crippen LogP contribution in [0.15, 0.2) is 29.4 Å². The van der Waals surface area contributed by atoms with Crippen molar-refractivity contribution in [2.75, 3.05) is 18.8 Å². The van der Waals surface area contributed by atoms with Crippen LogP contribution >= 0.6 is 11.8 Å². The maximum absolute atomic E-state index is 12.3. The second kappa shape index (κ2) is 7.17. The highest BCUT2D eigenvalue weighted by molar-refractivity contribution is 7.99. The minimum absolute atomic E-state index is 0.184. The van der Waals surface area contributed by atoms with Crippen LogP contribution in [0.2, 0.25) is 0 Å².